The van der Waals surface area contributed by atoms with E-state index in [1.54, 1.807) is 7.11 Å². The van der Waals surface area contributed by atoms with Gasteiger partial charge in [0, 0.05) is 30.7 Å². The zero-order chi connectivity index (χ0) is 17.9. The Balaban J connectivity index is 1.82. The van der Waals surface area contributed by atoms with Crippen molar-refractivity contribution in [2.75, 3.05) is 25.6 Å². The number of benzene rings is 1. The number of nitrogens with one attached hydrogen (secondary N) is 1. The lowest BCUT2D eigenvalue weighted by Gasteiger charge is -2.22. The maximum atomic E-state index is 5.77. The predicted molar refractivity (Wildman–Crippen MR) is 96.2 cm³/mol. The summed E-state index contributed by atoms with van der Waals surface area (Å²) in [6.07, 6.45) is 0. The van der Waals surface area contributed by atoms with Gasteiger partial charge in [0.05, 0.1) is 12.3 Å². The molecule has 0 saturated carbocycles. The number of hydrogen-bond donors (Lipinski definition) is 1. The predicted octanol–water partition coefficient (Wildman–Crippen LogP) is 3.30. The molecule has 2 heterocycles. The molecule has 3 rings (SSSR count). The molecule has 0 bridgehead atoms. The number of anilines is 1. The molecule has 0 spiro atoms. The second-order valence-corrected chi connectivity index (χ2v) is 7.05. The van der Waals surface area contributed by atoms with Gasteiger partial charge in [-0.3, -0.25) is 0 Å². The van der Waals surface area contributed by atoms with E-state index in [0.29, 0.717) is 26.4 Å². The molecule has 0 aliphatic carbocycles. The van der Waals surface area contributed by atoms with Gasteiger partial charge in [-0.15, -0.1) is 0 Å². The van der Waals surface area contributed by atoms with Gasteiger partial charge in [-0.2, -0.15) is 0 Å². The first kappa shape index (κ1) is 17.5. The fraction of sp³-hybridized carbons (Fsp3) is 0.474. The molecule has 0 unspecified atom stereocenters. The van der Waals surface area contributed by atoms with Crippen molar-refractivity contribution >= 4 is 5.82 Å². The van der Waals surface area contributed by atoms with Crippen LogP contribution in [0, 0.1) is 0 Å². The maximum Gasteiger partial charge on any atom is 0.166 e. The number of nitrogens with zero attached hydrogens (tertiary/aromatic N) is 2. The van der Waals surface area contributed by atoms with Gasteiger partial charge >= 0.3 is 0 Å². The number of rotatable bonds is 5. The van der Waals surface area contributed by atoms with Crippen LogP contribution in [0.3, 0.4) is 0 Å². The summed E-state index contributed by atoms with van der Waals surface area (Å²) in [5.74, 6) is 3.17. The number of ether oxygens (including phenoxy) is 3. The van der Waals surface area contributed by atoms with Crippen molar-refractivity contribution in [3.05, 3.63) is 41.3 Å². The number of fused-ring (bicyclic) bond motifs is 1. The molecule has 0 radical (unpaired) electrons. The number of hydrogen-bond acceptors (Lipinski definition) is 6. The molecule has 1 aromatic heterocycles. The first-order valence-corrected chi connectivity index (χ1v) is 8.46. The topological polar surface area (TPSA) is 65.5 Å². The molecular formula is C19H25N3O3. The number of aromatic nitrogens is 2. The lowest BCUT2D eigenvalue weighted by molar-refractivity contribution is 0.170. The molecule has 1 aliphatic heterocycles. The van der Waals surface area contributed by atoms with Crippen molar-refractivity contribution < 1.29 is 14.2 Å². The van der Waals surface area contributed by atoms with E-state index in [2.05, 4.69) is 36.1 Å². The normalized spacial score (nSPS) is 13.6. The molecule has 0 fully saturated rings. The Kier molecular flexibility index (Phi) is 5.08. The molecule has 6 heteroatoms. The summed E-state index contributed by atoms with van der Waals surface area (Å²) in [6, 6.07) is 7.85. The van der Waals surface area contributed by atoms with Gasteiger partial charge in [-0.25, -0.2) is 9.97 Å². The third-order valence-corrected chi connectivity index (χ3v) is 3.85. The van der Waals surface area contributed by atoms with Crippen molar-refractivity contribution in [1.29, 1.82) is 0 Å². The van der Waals surface area contributed by atoms with E-state index in [0.717, 1.165) is 34.4 Å². The second kappa shape index (κ2) is 7.27. The number of para-hydroxylation sites is 1. The summed E-state index contributed by atoms with van der Waals surface area (Å²) in [6.45, 7) is 8.51. The lowest BCUT2D eigenvalue weighted by Crippen LogP contribution is -2.19. The average molecular weight is 343 g/mol. The quantitative estimate of drug-likeness (QED) is 0.898. The van der Waals surface area contributed by atoms with Gasteiger partial charge in [0.2, 0.25) is 0 Å². The Hall–Kier alpha value is -2.34. The standard InChI is InChI=1S/C19H25N3O3/c1-19(2,3)18-21-14(12-23-4)10-16(22-18)20-11-13-6-5-7-15-17(13)25-9-8-24-15/h5-7,10H,8-9,11-12H2,1-4H3,(H,20,21,22). The van der Waals surface area contributed by atoms with Crippen molar-refractivity contribution in [2.24, 2.45) is 0 Å². The van der Waals surface area contributed by atoms with E-state index < -0.39 is 0 Å². The van der Waals surface area contributed by atoms with E-state index >= 15 is 0 Å². The highest BCUT2D eigenvalue weighted by molar-refractivity contribution is 5.49. The monoisotopic (exact) mass is 343 g/mol. The van der Waals surface area contributed by atoms with Gasteiger partial charge in [-0.1, -0.05) is 32.9 Å². The fourth-order valence-electron chi connectivity index (χ4n) is 2.60. The molecule has 2 aromatic rings. The van der Waals surface area contributed by atoms with Crippen LogP contribution in [0.15, 0.2) is 24.3 Å². The number of methoxy groups -OCH3 is 1. The summed E-state index contributed by atoms with van der Waals surface area (Å²) in [5, 5.41) is 3.38. The van der Waals surface area contributed by atoms with E-state index in [4.69, 9.17) is 14.2 Å². The summed E-state index contributed by atoms with van der Waals surface area (Å²) < 4.78 is 16.6. The molecule has 0 amide bonds. The summed E-state index contributed by atoms with van der Waals surface area (Å²) in [4.78, 5) is 9.26. The largest absolute Gasteiger partial charge is 0.486 e. The van der Waals surface area contributed by atoms with Crippen LogP contribution >= 0.6 is 0 Å². The van der Waals surface area contributed by atoms with Crippen molar-refractivity contribution in [3.8, 4) is 11.5 Å². The smallest absolute Gasteiger partial charge is 0.166 e. The van der Waals surface area contributed by atoms with Crippen LogP contribution in [0.4, 0.5) is 5.82 Å². The van der Waals surface area contributed by atoms with Crippen LogP contribution in [0.25, 0.3) is 0 Å². The Morgan fingerprint density at radius 3 is 2.72 bits per heavy atom. The third kappa shape index (κ3) is 4.20. The van der Waals surface area contributed by atoms with E-state index in [1.165, 1.54) is 0 Å². The summed E-state index contributed by atoms with van der Waals surface area (Å²) >= 11 is 0. The van der Waals surface area contributed by atoms with Crippen molar-refractivity contribution in [2.45, 2.75) is 39.3 Å². The van der Waals surface area contributed by atoms with Crippen LogP contribution in [0.5, 0.6) is 11.5 Å². The fourth-order valence-corrected chi connectivity index (χ4v) is 2.60. The van der Waals surface area contributed by atoms with Crippen LogP contribution < -0.4 is 14.8 Å². The van der Waals surface area contributed by atoms with Crippen LogP contribution in [0.2, 0.25) is 0 Å². The molecule has 25 heavy (non-hydrogen) atoms. The van der Waals surface area contributed by atoms with Gasteiger partial charge in [0.15, 0.2) is 11.5 Å². The Bertz CT molecular complexity index is 741. The highest BCUT2D eigenvalue weighted by Crippen LogP contribution is 2.34. The molecule has 1 aliphatic rings. The highest BCUT2D eigenvalue weighted by atomic mass is 16.6. The zero-order valence-corrected chi connectivity index (χ0v) is 15.3. The highest BCUT2D eigenvalue weighted by Gasteiger charge is 2.20. The van der Waals surface area contributed by atoms with Crippen LogP contribution in [-0.4, -0.2) is 30.3 Å². The Morgan fingerprint density at radius 1 is 1.16 bits per heavy atom. The third-order valence-electron chi connectivity index (χ3n) is 3.85. The maximum absolute atomic E-state index is 5.77. The minimum Gasteiger partial charge on any atom is -0.486 e. The zero-order valence-electron chi connectivity index (χ0n) is 15.3. The molecule has 0 saturated heterocycles. The van der Waals surface area contributed by atoms with Crippen molar-refractivity contribution in [3.63, 3.8) is 0 Å². The van der Waals surface area contributed by atoms with Crippen LogP contribution in [-0.2, 0) is 23.3 Å². The average Bonchev–Trinajstić information content (AvgIpc) is 2.59. The minimum atomic E-state index is -0.136. The SMILES string of the molecule is COCc1cc(NCc2cccc3c2OCCO3)nc(C(C)(C)C)n1. The minimum absolute atomic E-state index is 0.136. The molecule has 1 aromatic carbocycles. The van der Waals surface area contributed by atoms with E-state index in [9.17, 15) is 0 Å². The van der Waals surface area contributed by atoms with Gasteiger partial charge < -0.3 is 19.5 Å². The molecule has 0 atom stereocenters. The van der Waals surface area contributed by atoms with Crippen molar-refractivity contribution in [1.82, 2.24) is 9.97 Å². The van der Waals surface area contributed by atoms with E-state index in [-0.39, 0.29) is 5.41 Å². The second-order valence-electron chi connectivity index (χ2n) is 7.05. The summed E-state index contributed by atoms with van der Waals surface area (Å²) in [7, 11) is 1.67. The molecule has 1 N–H and O–H groups in total. The van der Waals surface area contributed by atoms with Gasteiger partial charge in [0.1, 0.15) is 24.9 Å². The Labute approximate surface area is 148 Å². The molecule has 6 nitrogen and oxygen atoms in total. The summed E-state index contributed by atoms with van der Waals surface area (Å²) in [5.41, 5.74) is 1.77. The first-order valence-electron chi connectivity index (χ1n) is 8.46. The van der Waals surface area contributed by atoms with Gasteiger partial charge in [0.25, 0.3) is 0 Å². The first-order chi connectivity index (χ1) is 12.0. The lowest BCUT2D eigenvalue weighted by atomic mass is 9.95. The van der Waals surface area contributed by atoms with Gasteiger partial charge in [-0.05, 0) is 6.07 Å². The molecule has 134 valence electrons. The van der Waals surface area contributed by atoms with Crippen LogP contribution in [0.1, 0.15) is 37.9 Å². The Morgan fingerprint density at radius 2 is 1.96 bits per heavy atom. The van der Waals surface area contributed by atoms with E-state index in [1.807, 2.05) is 24.3 Å². The molecular weight excluding hydrogens is 318 g/mol.